The third-order valence-corrected chi connectivity index (χ3v) is 13.4. The van der Waals surface area contributed by atoms with E-state index >= 15 is 0 Å². The molecule has 302 valence electrons. The van der Waals surface area contributed by atoms with Gasteiger partial charge >= 0.3 is 0 Å². The lowest BCUT2D eigenvalue weighted by Gasteiger charge is -2.46. The van der Waals surface area contributed by atoms with E-state index in [4.69, 9.17) is 4.98 Å². The number of pyridine rings is 2. The highest BCUT2D eigenvalue weighted by atomic mass is 16.2. The quantitative estimate of drug-likeness (QED) is 0.165. The Bertz CT molecular complexity index is 2470. The molecule has 2 aliphatic carbocycles. The minimum Gasteiger partial charge on any atom is -0.368 e. The third kappa shape index (κ3) is 7.40. The van der Waals surface area contributed by atoms with Crippen molar-refractivity contribution in [3.63, 3.8) is 0 Å². The molecule has 4 aromatic heterocycles. The van der Waals surface area contributed by atoms with E-state index in [2.05, 4.69) is 91.1 Å². The van der Waals surface area contributed by atoms with Crippen molar-refractivity contribution >= 4 is 34.2 Å². The second-order valence-electron chi connectivity index (χ2n) is 17.4. The van der Waals surface area contributed by atoms with E-state index in [1.54, 1.807) is 27.8 Å². The molecule has 6 heterocycles. The number of hydrogen-bond donors (Lipinski definition) is 2. The fourth-order valence-electron chi connectivity index (χ4n) is 9.42. The molecule has 0 bridgehead atoms. The molecule has 0 unspecified atom stereocenters. The smallest absolute Gasteiger partial charge is 0.236 e. The highest BCUT2D eigenvalue weighted by molar-refractivity contribution is 6.03. The largest absolute Gasteiger partial charge is 0.368 e. The predicted octanol–water partition coefficient (Wildman–Crippen LogP) is 5.69. The Morgan fingerprint density at radius 2 is 1.71 bits per heavy atom. The summed E-state index contributed by atoms with van der Waals surface area (Å²) >= 11 is 0. The maximum absolute atomic E-state index is 12.7. The molecule has 4 aliphatic rings. The van der Waals surface area contributed by atoms with Gasteiger partial charge in [-0.25, -0.2) is 14.6 Å². The molecule has 0 radical (unpaired) electrons. The van der Waals surface area contributed by atoms with Gasteiger partial charge in [0.1, 0.15) is 17.3 Å². The zero-order chi connectivity index (χ0) is 40.9. The van der Waals surface area contributed by atoms with Gasteiger partial charge in [0.15, 0.2) is 11.5 Å². The molecule has 4 fully saturated rings. The van der Waals surface area contributed by atoms with Crippen LogP contribution in [0.4, 0.5) is 11.4 Å². The fourth-order valence-corrected chi connectivity index (χ4v) is 9.42. The van der Waals surface area contributed by atoms with Gasteiger partial charge in [0.2, 0.25) is 11.8 Å². The van der Waals surface area contributed by atoms with Gasteiger partial charge in [0.25, 0.3) is 0 Å². The van der Waals surface area contributed by atoms with E-state index in [-0.39, 0.29) is 11.8 Å². The van der Waals surface area contributed by atoms with E-state index in [9.17, 15) is 20.1 Å². The number of hydrogen-bond acceptors (Lipinski definition) is 12. The Hall–Kier alpha value is -6.19. The van der Waals surface area contributed by atoms with Gasteiger partial charge in [0, 0.05) is 60.8 Å². The average Bonchev–Trinajstić information content (AvgIpc) is 3.62. The molecule has 9 rings (SSSR count). The van der Waals surface area contributed by atoms with Crippen LogP contribution in [0.15, 0.2) is 61.2 Å². The van der Waals surface area contributed by atoms with Crippen LogP contribution in [-0.4, -0.2) is 88.7 Å². The molecule has 59 heavy (non-hydrogen) atoms. The van der Waals surface area contributed by atoms with Crippen molar-refractivity contribution in [3.8, 4) is 23.6 Å². The van der Waals surface area contributed by atoms with Crippen LogP contribution in [0.1, 0.15) is 101 Å². The summed E-state index contributed by atoms with van der Waals surface area (Å²) in [4.78, 5) is 38.8. The van der Waals surface area contributed by atoms with Crippen LogP contribution in [-0.2, 0) is 15.0 Å². The highest BCUT2D eigenvalue weighted by Gasteiger charge is 2.44. The summed E-state index contributed by atoms with van der Waals surface area (Å²) in [6, 6.07) is 17.4. The molecular weight excluding hydrogens is 743 g/mol. The number of piperazine rings is 1. The first-order chi connectivity index (χ1) is 28.5. The maximum atomic E-state index is 12.7. The number of nitrogens with one attached hydrogen (secondary N) is 2. The average molecular weight is 792 g/mol. The van der Waals surface area contributed by atoms with Crippen LogP contribution in [0.25, 0.3) is 22.5 Å². The SMILES string of the molecule is C[C@H]1CN(c2ccc([C@@]3(C)CCC(=O)NC3=O)cc2)C[C@H](C)N1CCC1CCC(c2cn(-c3cnc(-n4ncc5cc(C#N)cnc54)cc3NC3(C#N)CC3)nn2)CC1. The van der Waals surface area contributed by atoms with Gasteiger partial charge in [-0.05, 0) is 108 Å². The Kier molecular flexibility index (Phi) is 9.88. The van der Waals surface area contributed by atoms with E-state index in [1.165, 1.54) is 18.3 Å². The topological polar surface area (TPSA) is 187 Å². The van der Waals surface area contributed by atoms with Crippen LogP contribution in [0.2, 0.25) is 0 Å². The number of rotatable bonds is 10. The van der Waals surface area contributed by atoms with E-state index in [1.807, 2.05) is 19.2 Å². The molecule has 2 aliphatic heterocycles. The van der Waals surface area contributed by atoms with Crippen LogP contribution in [0.3, 0.4) is 0 Å². The minimum absolute atomic E-state index is 0.192. The van der Waals surface area contributed by atoms with Crippen molar-refractivity contribution in [1.29, 1.82) is 10.5 Å². The van der Waals surface area contributed by atoms with Crippen molar-refractivity contribution in [2.24, 2.45) is 5.92 Å². The van der Waals surface area contributed by atoms with Crippen molar-refractivity contribution in [2.45, 2.75) is 108 Å². The van der Waals surface area contributed by atoms with Crippen molar-refractivity contribution < 1.29 is 9.59 Å². The Morgan fingerprint density at radius 1 is 0.949 bits per heavy atom. The summed E-state index contributed by atoms with van der Waals surface area (Å²) in [6.07, 6.45) is 15.0. The zero-order valence-electron chi connectivity index (χ0n) is 33.8. The lowest BCUT2D eigenvalue weighted by Crippen LogP contribution is -2.57. The van der Waals surface area contributed by atoms with Gasteiger partial charge in [0.05, 0.1) is 47.0 Å². The van der Waals surface area contributed by atoms with Crippen molar-refractivity contribution in [1.82, 2.24) is 45.0 Å². The van der Waals surface area contributed by atoms with Gasteiger partial charge < -0.3 is 10.2 Å². The number of imide groups is 1. The minimum atomic E-state index is -0.682. The molecule has 15 nitrogen and oxygen atoms in total. The van der Waals surface area contributed by atoms with Crippen LogP contribution < -0.4 is 15.5 Å². The number of amides is 2. The number of anilines is 2. The lowest BCUT2D eigenvalue weighted by molar-refractivity contribution is -0.137. The van der Waals surface area contributed by atoms with Crippen LogP contribution >= 0.6 is 0 Å². The molecule has 5 aromatic rings. The molecule has 3 atom stereocenters. The van der Waals surface area contributed by atoms with Gasteiger partial charge in [-0.2, -0.15) is 20.3 Å². The van der Waals surface area contributed by atoms with Crippen LogP contribution in [0, 0.1) is 28.6 Å². The highest BCUT2D eigenvalue weighted by Crippen LogP contribution is 2.41. The number of nitrogens with zero attached hydrogens (tertiary/aromatic N) is 11. The lowest BCUT2D eigenvalue weighted by atomic mass is 9.75. The number of aromatic nitrogens is 7. The molecule has 2 amide bonds. The summed E-state index contributed by atoms with van der Waals surface area (Å²) in [5, 5.41) is 39.7. The normalized spacial score (nSPS) is 25.6. The standard InChI is InChI=1S/C44H49N13O2/c1-28-24-54(35-10-8-34(9-11-35)43(3)14-12-40(58)50-42(43)59)25-29(2)55(28)17-13-30-4-6-32(7-5-30)37-26-56(53-52-37)38-23-47-39(19-36(38)51-44(27-46)15-16-44)57-41-33(22-49-57)18-31(20-45)21-48-41/h8-11,18-19,21-23,26,28-30,32H,4-7,12-17,24-25H2,1-3H3,(H,47,51)(H,50,58,59)/t28-,29-,30?,32?,43+/m0/s1. The first-order valence-corrected chi connectivity index (χ1v) is 20.9. The summed E-state index contributed by atoms with van der Waals surface area (Å²) in [5.74, 6) is 1.14. The summed E-state index contributed by atoms with van der Waals surface area (Å²) in [5.41, 5.74) is 4.27. The maximum Gasteiger partial charge on any atom is 0.236 e. The molecule has 2 N–H and O–H groups in total. The Labute approximate surface area is 343 Å². The number of piperidine rings is 1. The number of nitriles is 2. The number of carbonyl (C=O) groups is 2. The first-order valence-electron chi connectivity index (χ1n) is 20.9. The van der Waals surface area contributed by atoms with Crippen molar-refractivity contribution in [2.75, 3.05) is 29.9 Å². The second kappa shape index (κ2) is 15.2. The van der Waals surface area contributed by atoms with Gasteiger partial charge in [-0.3, -0.25) is 19.8 Å². The number of fused-ring (bicyclic) bond motifs is 1. The van der Waals surface area contributed by atoms with Gasteiger partial charge in [-0.1, -0.05) is 17.3 Å². The van der Waals surface area contributed by atoms with Gasteiger partial charge in [-0.15, -0.1) is 5.10 Å². The number of carbonyl (C=O) groups excluding carboxylic acids is 2. The molecule has 0 spiro atoms. The monoisotopic (exact) mass is 791 g/mol. The zero-order valence-corrected chi connectivity index (χ0v) is 33.8. The van der Waals surface area contributed by atoms with Crippen LogP contribution in [0.5, 0.6) is 0 Å². The van der Waals surface area contributed by atoms with E-state index in [0.29, 0.717) is 65.2 Å². The molecule has 1 aromatic carbocycles. The predicted molar refractivity (Wildman–Crippen MR) is 221 cm³/mol. The van der Waals surface area contributed by atoms with E-state index < -0.39 is 11.0 Å². The number of benzene rings is 1. The first kappa shape index (κ1) is 38.3. The van der Waals surface area contributed by atoms with Crippen molar-refractivity contribution in [3.05, 3.63) is 78.0 Å². The molecule has 15 heteroatoms. The fraction of sp³-hybridized carbons (Fsp3) is 0.477. The summed E-state index contributed by atoms with van der Waals surface area (Å²) < 4.78 is 3.40. The molecule has 2 saturated heterocycles. The Balaban J connectivity index is 0.808. The third-order valence-electron chi connectivity index (χ3n) is 13.4. The summed E-state index contributed by atoms with van der Waals surface area (Å²) in [7, 11) is 0. The summed E-state index contributed by atoms with van der Waals surface area (Å²) in [6.45, 7) is 9.58. The molecule has 2 saturated carbocycles. The molecular formula is C44H49N13O2. The van der Waals surface area contributed by atoms with E-state index in [0.717, 1.165) is 74.8 Å². The second-order valence-corrected chi connectivity index (χ2v) is 17.4. The Morgan fingerprint density at radius 3 is 2.41 bits per heavy atom.